The average Bonchev–Trinajstić information content (AvgIpc) is 3.39. The van der Waals surface area contributed by atoms with Gasteiger partial charge in [0.2, 0.25) is 0 Å². The Morgan fingerprint density at radius 1 is 1.16 bits per heavy atom. The summed E-state index contributed by atoms with van der Waals surface area (Å²) in [4.78, 5) is 25.3. The third kappa shape index (κ3) is 5.51. The first kappa shape index (κ1) is 22.0. The number of imidazole rings is 1. The summed E-state index contributed by atoms with van der Waals surface area (Å²) in [7, 11) is 3.98. The van der Waals surface area contributed by atoms with Gasteiger partial charge in [0.15, 0.2) is 10.7 Å². The Balaban J connectivity index is 1.42. The predicted molar refractivity (Wildman–Crippen MR) is 124 cm³/mol. The first-order valence-corrected chi connectivity index (χ1v) is 11.7. The summed E-state index contributed by atoms with van der Waals surface area (Å²) in [5.41, 5.74) is 2.77. The molecule has 2 aromatic heterocycles. The van der Waals surface area contributed by atoms with Crippen LogP contribution in [-0.4, -0.2) is 90.0 Å². The van der Waals surface area contributed by atoms with Gasteiger partial charge >= 0.3 is 0 Å². The van der Waals surface area contributed by atoms with Crippen LogP contribution in [0.1, 0.15) is 21.7 Å². The van der Waals surface area contributed by atoms with Crippen LogP contribution in [0.25, 0.3) is 4.96 Å². The minimum absolute atomic E-state index is 0.0107. The Bertz CT molecular complexity index is 980. The van der Waals surface area contributed by atoms with Gasteiger partial charge in [0.1, 0.15) is 0 Å². The number of thiazole rings is 1. The lowest BCUT2D eigenvalue weighted by molar-refractivity contribution is 0.0341. The molecule has 1 aliphatic heterocycles. The van der Waals surface area contributed by atoms with Gasteiger partial charge in [-0.05, 0) is 19.0 Å². The fraction of sp³-hybridized carbons (Fsp3) is 0.478. The van der Waals surface area contributed by atoms with Crippen LogP contribution in [0, 0.1) is 0 Å². The highest BCUT2D eigenvalue weighted by molar-refractivity contribution is 7.15. The second-order valence-electron chi connectivity index (χ2n) is 8.12. The van der Waals surface area contributed by atoms with Crippen LogP contribution < -0.4 is 0 Å². The molecule has 1 aromatic carbocycles. The molecule has 1 aliphatic rings. The van der Waals surface area contributed by atoms with Crippen molar-refractivity contribution in [2.75, 3.05) is 60.0 Å². The molecule has 0 unspecified atom stereocenters. The summed E-state index contributed by atoms with van der Waals surface area (Å²) < 4.78 is 7.50. The second-order valence-corrected chi connectivity index (χ2v) is 8.99. The van der Waals surface area contributed by atoms with Crippen LogP contribution in [-0.2, 0) is 17.7 Å². The Morgan fingerprint density at radius 3 is 2.71 bits per heavy atom. The summed E-state index contributed by atoms with van der Waals surface area (Å²) in [6.45, 7) is 6.92. The zero-order valence-corrected chi connectivity index (χ0v) is 19.2. The van der Waals surface area contributed by atoms with Crippen LogP contribution in [0.4, 0.5) is 0 Å². The summed E-state index contributed by atoms with van der Waals surface area (Å²) in [5.74, 6) is -0.0107. The summed E-state index contributed by atoms with van der Waals surface area (Å²) in [5, 5.41) is 2.02. The van der Waals surface area contributed by atoms with Gasteiger partial charge in [0.05, 0.1) is 18.9 Å². The zero-order valence-electron chi connectivity index (χ0n) is 18.4. The molecule has 1 fully saturated rings. The number of nitrogens with zero attached hydrogens (tertiary/aromatic N) is 5. The molecular weight excluding hydrogens is 410 g/mol. The Hall–Kier alpha value is -2.26. The molecule has 0 saturated carbocycles. The predicted octanol–water partition coefficient (Wildman–Crippen LogP) is 2.47. The SMILES string of the molecule is CN(CCN1CCOCC1)Cc1c(C(=O)N(C)CCc2ccccc2)nc2sccn12. The molecule has 0 bridgehead atoms. The van der Waals surface area contributed by atoms with E-state index >= 15 is 0 Å². The van der Waals surface area contributed by atoms with E-state index in [0.29, 0.717) is 18.8 Å². The first-order valence-electron chi connectivity index (χ1n) is 10.8. The van der Waals surface area contributed by atoms with Crippen molar-refractivity contribution in [3.05, 3.63) is 58.9 Å². The molecular formula is C23H31N5O2S. The molecule has 0 atom stereocenters. The number of likely N-dealkylation sites (N-methyl/N-ethyl adjacent to an activating group) is 2. The van der Waals surface area contributed by atoms with E-state index in [1.807, 2.05) is 36.8 Å². The van der Waals surface area contributed by atoms with Crippen molar-refractivity contribution >= 4 is 22.2 Å². The van der Waals surface area contributed by atoms with Crippen LogP contribution in [0.15, 0.2) is 41.9 Å². The van der Waals surface area contributed by atoms with Gasteiger partial charge in [0, 0.05) is 57.9 Å². The normalized spacial score (nSPS) is 15.1. The number of rotatable bonds is 9. The summed E-state index contributed by atoms with van der Waals surface area (Å²) in [6.07, 6.45) is 2.85. The van der Waals surface area contributed by atoms with E-state index in [-0.39, 0.29) is 5.91 Å². The minimum atomic E-state index is -0.0107. The average molecular weight is 442 g/mol. The molecule has 3 heterocycles. The largest absolute Gasteiger partial charge is 0.379 e. The number of fused-ring (bicyclic) bond motifs is 1. The lowest BCUT2D eigenvalue weighted by Crippen LogP contribution is -2.40. The molecule has 31 heavy (non-hydrogen) atoms. The van der Waals surface area contributed by atoms with Crippen LogP contribution in [0.3, 0.4) is 0 Å². The molecule has 4 rings (SSSR count). The highest BCUT2D eigenvalue weighted by atomic mass is 32.1. The van der Waals surface area contributed by atoms with E-state index in [4.69, 9.17) is 4.74 Å². The second kappa shape index (κ2) is 10.4. The number of hydrogen-bond acceptors (Lipinski definition) is 6. The van der Waals surface area contributed by atoms with E-state index in [1.54, 1.807) is 16.2 Å². The van der Waals surface area contributed by atoms with E-state index in [9.17, 15) is 4.79 Å². The molecule has 166 valence electrons. The standard InChI is InChI=1S/C23H31N5O2S/c1-25(10-11-27-12-15-30-16-13-27)18-20-21(24-23-28(20)14-17-31-23)22(29)26(2)9-8-19-6-4-3-5-7-19/h3-7,14,17H,8-13,15-16,18H2,1-2H3. The number of hydrogen-bond donors (Lipinski definition) is 0. The third-order valence-electron chi connectivity index (χ3n) is 5.81. The van der Waals surface area contributed by atoms with Crippen LogP contribution in [0.5, 0.6) is 0 Å². The topological polar surface area (TPSA) is 53.3 Å². The molecule has 0 spiro atoms. The highest BCUT2D eigenvalue weighted by Gasteiger charge is 2.23. The van der Waals surface area contributed by atoms with Gasteiger partial charge < -0.3 is 9.64 Å². The van der Waals surface area contributed by atoms with Crippen molar-refractivity contribution in [3.8, 4) is 0 Å². The zero-order chi connectivity index (χ0) is 21.6. The quantitative estimate of drug-likeness (QED) is 0.511. The molecule has 0 aliphatic carbocycles. The van der Waals surface area contributed by atoms with Crippen LogP contribution >= 0.6 is 11.3 Å². The molecule has 1 saturated heterocycles. The summed E-state index contributed by atoms with van der Waals surface area (Å²) >= 11 is 1.57. The van der Waals surface area contributed by atoms with Gasteiger partial charge in [-0.25, -0.2) is 4.98 Å². The van der Waals surface area contributed by atoms with Crippen molar-refractivity contribution in [1.82, 2.24) is 24.1 Å². The Kier molecular flexibility index (Phi) is 7.34. The van der Waals surface area contributed by atoms with Crippen molar-refractivity contribution in [2.24, 2.45) is 0 Å². The third-order valence-corrected chi connectivity index (χ3v) is 6.57. The van der Waals surface area contributed by atoms with Gasteiger partial charge in [-0.2, -0.15) is 0 Å². The van der Waals surface area contributed by atoms with Crippen LogP contribution in [0.2, 0.25) is 0 Å². The van der Waals surface area contributed by atoms with Crippen molar-refractivity contribution < 1.29 is 9.53 Å². The molecule has 7 nitrogen and oxygen atoms in total. The molecule has 1 amide bonds. The van der Waals surface area contributed by atoms with E-state index in [2.05, 4.69) is 38.4 Å². The van der Waals surface area contributed by atoms with Crippen molar-refractivity contribution in [1.29, 1.82) is 0 Å². The minimum Gasteiger partial charge on any atom is -0.379 e. The lowest BCUT2D eigenvalue weighted by Gasteiger charge is -2.28. The van der Waals surface area contributed by atoms with Gasteiger partial charge in [-0.3, -0.25) is 19.0 Å². The molecule has 0 N–H and O–H groups in total. The van der Waals surface area contributed by atoms with Crippen molar-refractivity contribution in [3.63, 3.8) is 0 Å². The monoisotopic (exact) mass is 441 g/mol. The van der Waals surface area contributed by atoms with Gasteiger partial charge in [-0.15, -0.1) is 11.3 Å². The molecule has 8 heteroatoms. The van der Waals surface area contributed by atoms with E-state index < -0.39 is 0 Å². The fourth-order valence-electron chi connectivity index (χ4n) is 3.85. The number of ether oxygens (including phenoxy) is 1. The Morgan fingerprint density at radius 2 is 1.94 bits per heavy atom. The fourth-order valence-corrected chi connectivity index (χ4v) is 4.58. The number of benzene rings is 1. The molecule has 3 aromatic rings. The van der Waals surface area contributed by atoms with Gasteiger partial charge in [-0.1, -0.05) is 30.3 Å². The van der Waals surface area contributed by atoms with Gasteiger partial charge in [0.25, 0.3) is 5.91 Å². The lowest BCUT2D eigenvalue weighted by atomic mass is 10.1. The first-order chi connectivity index (χ1) is 15.1. The Labute approximate surface area is 187 Å². The van der Waals surface area contributed by atoms with Crippen molar-refractivity contribution in [2.45, 2.75) is 13.0 Å². The maximum Gasteiger partial charge on any atom is 0.274 e. The number of carbonyl (C=O) groups excluding carboxylic acids is 1. The maximum atomic E-state index is 13.3. The highest BCUT2D eigenvalue weighted by Crippen LogP contribution is 2.20. The molecule has 0 radical (unpaired) electrons. The number of carbonyl (C=O) groups is 1. The summed E-state index contributed by atoms with van der Waals surface area (Å²) in [6, 6.07) is 10.3. The number of aromatic nitrogens is 2. The number of amides is 1. The number of morpholine rings is 1. The smallest absolute Gasteiger partial charge is 0.274 e. The maximum absolute atomic E-state index is 13.3. The van der Waals surface area contributed by atoms with E-state index in [1.165, 1.54) is 5.56 Å². The van der Waals surface area contributed by atoms with E-state index in [0.717, 1.165) is 56.5 Å².